The Morgan fingerprint density at radius 3 is 2.38 bits per heavy atom. The molecule has 2 aliphatic heterocycles. The molecule has 39 heavy (non-hydrogen) atoms. The van der Waals surface area contributed by atoms with Crippen LogP contribution in [0, 0.1) is 17.3 Å². The van der Waals surface area contributed by atoms with Crippen LogP contribution in [0.3, 0.4) is 0 Å². The molecule has 0 N–H and O–H groups in total. The topological polar surface area (TPSA) is 66.9 Å². The molecule has 0 radical (unpaired) electrons. The number of likely N-dealkylation sites (tertiary alicyclic amines) is 1. The number of ketones is 1. The molecule has 0 aromatic rings. The lowest BCUT2D eigenvalue weighted by molar-refractivity contribution is -0.149. The van der Waals surface area contributed by atoms with Gasteiger partial charge in [-0.05, 0) is 74.5 Å². The Labute approximate surface area is 237 Å². The lowest BCUT2D eigenvalue weighted by Gasteiger charge is -2.42. The minimum Gasteiger partial charge on any atom is -0.467 e. The van der Waals surface area contributed by atoms with Gasteiger partial charge in [-0.25, -0.2) is 4.79 Å². The van der Waals surface area contributed by atoms with Gasteiger partial charge in [0.15, 0.2) is 5.78 Å². The molecule has 0 aromatic carbocycles. The van der Waals surface area contributed by atoms with Gasteiger partial charge in [0.25, 0.3) is 5.91 Å². The molecule has 218 valence electrons. The summed E-state index contributed by atoms with van der Waals surface area (Å²) in [4.78, 5) is 40.3. The molecule has 6 nitrogen and oxygen atoms in total. The third-order valence-electron chi connectivity index (χ3n) is 9.00. The van der Waals surface area contributed by atoms with Crippen LogP contribution < -0.4 is 0 Å². The van der Waals surface area contributed by atoms with Gasteiger partial charge >= 0.3 is 5.97 Å². The zero-order valence-electron chi connectivity index (χ0n) is 25.9. The van der Waals surface area contributed by atoms with Crippen molar-refractivity contribution in [2.75, 3.05) is 13.7 Å². The first-order valence-electron chi connectivity index (χ1n) is 14.8. The van der Waals surface area contributed by atoms with E-state index in [4.69, 9.17) is 4.74 Å². The summed E-state index contributed by atoms with van der Waals surface area (Å²) in [6.07, 6.45) is 16.6. The summed E-state index contributed by atoms with van der Waals surface area (Å²) in [7, 11) is 1.33. The summed E-state index contributed by atoms with van der Waals surface area (Å²) in [6, 6.07) is -0.540. The Kier molecular flexibility index (Phi) is 12.3. The first kappa shape index (κ1) is 32.6. The molecule has 2 fully saturated rings. The van der Waals surface area contributed by atoms with Crippen LogP contribution in [0.5, 0.6) is 0 Å². The van der Waals surface area contributed by atoms with Crippen LogP contribution in [0.4, 0.5) is 0 Å². The number of ether oxygens (including phenoxy) is 1. The van der Waals surface area contributed by atoms with Gasteiger partial charge < -0.3 is 14.5 Å². The van der Waals surface area contributed by atoms with Crippen LogP contribution in [-0.2, 0) is 19.1 Å². The van der Waals surface area contributed by atoms with Gasteiger partial charge in [-0.1, -0.05) is 66.4 Å². The SMILES string of the molecule is CC/C(C)=C1\C=CC=C(C(C)=O)N1/C=C(\C)C(=O)N1CCCC1C(=O)OC.CCCC1CCCC(C)(C)C1C. The fraction of sp³-hybridized carbons (Fsp3) is 0.667. The third kappa shape index (κ3) is 8.18. The molecule has 0 aromatic heterocycles. The maximum Gasteiger partial charge on any atom is 0.328 e. The van der Waals surface area contributed by atoms with Crippen molar-refractivity contribution in [2.45, 2.75) is 113 Å². The first-order valence-corrected chi connectivity index (χ1v) is 14.8. The number of carbonyl (C=O) groups is 3. The molecule has 3 atom stereocenters. The molecule has 0 spiro atoms. The standard InChI is InChI=1S/C21H28N2O4.C12H24/c1-6-14(2)17-9-7-10-18(16(4)24)23(17)13-15(3)20(25)22-12-8-11-19(22)21(26)27-5;1-5-7-11-8-6-9-12(3,4)10(11)2/h7,9-10,13,19H,6,8,11-12H2,1-5H3;10-11H,5-9H2,1-4H3/b15-13+,17-14+;. The molecule has 3 unspecified atom stereocenters. The Morgan fingerprint density at radius 2 is 1.79 bits per heavy atom. The van der Waals surface area contributed by atoms with Crippen LogP contribution in [0.15, 0.2) is 47.0 Å². The molecule has 2 heterocycles. The second-order valence-electron chi connectivity index (χ2n) is 12.1. The lowest BCUT2D eigenvalue weighted by atomic mass is 9.63. The summed E-state index contributed by atoms with van der Waals surface area (Å²) in [5.41, 5.74) is 3.59. The van der Waals surface area contributed by atoms with Crippen molar-refractivity contribution >= 4 is 17.7 Å². The van der Waals surface area contributed by atoms with Gasteiger partial charge in [-0.2, -0.15) is 0 Å². The predicted octanol–water partition coefficient (Wildman–Crippen LogP) is 7.33. The molecule has 1 saturated carbocycles. The van der Waals surface area contributed by atoms with Crippen LogP contribution >= 0.6 is 0 Å². The maximum atomic E-state index is 13.0. The second kappa shape index (κ2) is 14.7. The zero-order chi connectivity index (χ0) is 29.3. The summed E-state index contributed by atoms with van der Waals surface area (Å²) >= 11 is 0. The van der Waals surface area contributed by atoms with Crippen molar-refractivity contribution < 1.29 is 19.1 Å². The number of carbonyl (C=O) groups excluding carboxylic acids is 3. The molecule has 3 rings (SSSR count). The van der Waals surface area contributed by atoms with Gasteiger partial charge in [0.2, 0.25) is 0 Å². The third-order valence-corrected chi connectivity index (χ3v) is 9.00. The van der Waals surface area contributed by atoms with Gasteiger partial charge in [-0.15, -0.1) is 0 Å². The highest BCUT2D eigenvalue weighted by molar-refractivity contribution is 5.97. The zero-order valence-corrected chi connectivity index (χ0v) is 25.9. The number of methoxy groups -OCH3 is 1. The molecule has 1 amide bonds. The first-order chi connectivity index (χ1) is 18.4. The van der Waals surface area contributed by atoms with E-state index in [-0.39, 0.29) is 17.7 Å². The average molecular weight is 541 g/mol. The average Bonchev–Trinajstić information content (AvgIpc) is 3.40. The summed E-state index contributed by atoms with van der Waals surface area (Å²) in [5, 5.41) is 0. The van der Waals surface area contributed by atoms with Crippen molar-refractivity contribution in [3.05, 3.63) is 47.0 Å². The van der Waals surface area contributed by atoms with E-state index < -0.39 is 6.04 Å². The van der Waals surface area contributed by atoms with E-state index in [9.17, 15) is 14.4 Å². The van der Waals surface area contributed by atoms with Crippen molar-refractivity contribution in [3.8, 4) is 0 Å². The van der Waals surface area contributed by atoms with Gasteiger partial charge in [0.05, 0.1) is 12.8 Å². The Morgan fingerprint density at radius 1 is 1.10 bits per heavy atom. The van der Waals surface area contributed by atoms with Crippen molar-refractivity contribution in [2.24, 2.45) is 17.3 Å². The number of hydrogen-bond donors (Lipinski definition) is 0. The fourth-order valence-electron chi connectivity index (χ4n) is 6.04. The lowest BCUT2D eigenvalue weighted by Crippen LogP contribution is -2.41. The van der Waals surface area contributed by atoms with E-state index in [1.54, 1.807) is 29.0 Å². The normalized spacial score (nSPS) is 25.9. The van der Waals surface area contributed by atoms with Crippen molar-refractivity contribution in [1.82, 2.24) is 9.80 Å². The molecule has 3 aliphatic rings. The molecule has 1 aliphatic carbocycles. The van der Waals surface area contributed by atoms with Crippen LogP contribution in [0.2, 0.25) is 0 Å². The largest absolute Gasteiger partial charge is 0.467 e. The van der Waals surface area contributed by atoms with Crippen LogP contribution in [0.1, 0.15) is 107 Å². The monoisotopic (exact) mass is 540 g/mol. The molecular weight excluding hydrogens is 488 g/mol. The van der Waals surface area contributed by atoms with E-state index in [2.05, 4.69) is 27.7 Å². The van der Waals surface area contributed by atoms with E-state index >= 15 is 0 Å². The van der Waals surface area contributed by atoms with Crippen LogP contribution in [-0.4, -0.2) is 47.2 Å². The Hall–Kier alpha value is -2.63. The van der Waals surface area contributed by atoms with E-state index in [0.29, 0.717) is 29.7 Å². The minimum atomic E-state index is -0.540. The predicted molar refractivity (Wildman–Crippen MR) is 158 cm³/mol. The molecule has 0 bridgehead atoms. The summed E-state index contributed by atoms with van der Waals surface area (Å²) < 4.78 is 4.82. The van der Waals surface area contributed by atoms with Gasteiger partial charge in [0, 0.05) is 30.9 Å². The minimum absolute atomic E-state index is 0.0779. The maximum absolute atomic E-state index is 13.0. The quantitative estimate of drug-likeness (QED) is 0.250. The molecule has 1 saturated heterocycles. The number of amides is 1. The van der Waals surface area contributed by atoms with Crippen molar-refractivity contribution in [1.29, 1.82) is 0 Å². The van der Waals surface area contributed by atoms with Crippen molar-refractivity contribution in [3.63, 3.8) is 0 Å². The number of esters is 1. The van der Waals surface area contributed by atoms with Gasteiger partial charge in [-0.3, -0.25) is 9.59 Å². The molecular formula is C33H52N2O4. The van der Waals surface area contributed by atoms with E-state index in [1.165, 1.54) is 46.1 Å². The smallest absolute Gasteiger partial charge is 0.328 e. The van der Waals surface area contributed by atoms with E-state index in [1.807, 2.05) is 26.0 Å². The fourth-order valence-corrected chi connectivity index (χ4v) is 6.04. The van der Waals surface area contributed by atoms with E-state index in [0.717, 1.165) is 35.9 Å². The number of hydrogen-bond acceptors (Lipinski definition) is 5. The number of Topliss-reactive ketones (excluding diaryl/α,β-unsaturated/α-hetero) is 1. The highest BCUT2D eigenvalue weighted by Gasteiger charge is 2.36. The molecule has 6 heteroatoms. The number of nitrogens with zero attached hydrogens (tertiary/aromatic N) is 2. The Balaban J connectivity index is 0.000000370. The van der Waals surface area contributed by atoms with Gasteiger partial charge in [0.1, 0.15) is 6.04 Å². The van der Waals surface area contributed by atoms with Crippen LogP contribution in [0.25, 0.3) is 0 Å². The highest BCUT2D eigenvalue weighted by atomic mass is 16.5. The Bertz CT molecular complexity index is 1010. The number of allylic oxidation sites excluding steroid dienone is 5. The summed E-state index contributed by atoms with van der Waals surface area (Å²) in [5.74, 6) is 1.27. The summed E-state index contributed by atoms with van der Waals surface area (Å²) in [6.45, 7) is 17.5. The number of rotatable bonds is 7. The highest BCUT2D eigenvalue weighted by Crippen LogP contribution is 2.45. The second-order valence-corrected chi connectivity index (χ2v) is 12.1.